The number of halogens is 2. The van der Waals surface area contributed by atoms with Gasteiger partial charge in [-0.25, -0.2) is 8.78 Å². The minimum Gasteiger partial charge on any atom is -0.207 e. The lowest BCUT2D eigenvalue weighted by Crippen LogP contribution is -2.18. The number of alkyl halides is 2. The maximum atomic E-state index is 12.3. The van der Waals surface area contributed by atoms with E-state index in [0.717, 1.165) is 0 Å². The van der Waals surface area contributed by atoms with Gasteiger partial charge in [-0.1, -0.05) is 0 Å². The van der Waals surface area contributed by atoms with Crippen molar-refractivity contribution in [1.82, 2.24) is 0 Å². The Bertz CT molecular complexity index is 88.5. The fourth-order valence-electron chi connectivity index (χ4n) is 0.999. The smallest absolute Gasteiger partial charge is 0.207 e. The lowest BCUT2D eigenvalue weighted by Gasteiger charge is -2.12. The Kier molecular flexibility index (Phi) is 1.25. The van der Waals surface area contributed by atoms with E-state index in [0.29, 0.717) is 12.8 Å². The van der Waals surface area contributed by atoms with Crippen LogP contribution in [-0.2, 0) is 0 Å². The van der Waals surface area contributed by atoms with Crippen molar-refractivity contribution in [2.75, 3.05) is 0 Å². The number of hydrogen-bond donors (Lipinski definition) is 0. The summed E-state index contributed by atoms with van der Waals surface area (Å²) in [5, 5.41) is 0. The molecule has 0 aromatic rings. The van der Waals surface area contributed by atoms with Crippen molar-refractivity contribution in [1.29, 1.82) is 0 Å². The quantitative estimate of drug-likeness (QED) is 0.458. The first-order valence-electron chi connectivity index (χ1n) is 2.84. The second-order valence-electron chi connectivity index (χ2n) is 2.35. The van der Waals surface area contributed by atoms with Crippen LogP contribution in [0.25, 0.3) is 0 Å². The molecule has 0 saturated heterocycles. The van der Waals surface area contributed by atoms with Gasteiger partial charge in [0.15, 0.2) is 0 Å². The van der Waals surface area contributed by atoms with Gasteiger partial charge in [0.25, 0.3) is 5.92 Å². The predicted octanol–water partition coefficient (Wildman–Crippen LogP) is 2.26. The summed E-state index contributed by atoms with van der Waals surface area (Å²) in [5.74, 6) is -3.08. The molecule has 0 spiro atoms. The van der Waals surface area contributed by atoms with E-state index in [9.17, 15) is 8.78 Å². The van der Waals surface area contributed by atoms with Crippen LogP contribution in [0, 0.1) is 12.8 Å². The van der Waals surface area contributed by atoms with E-state index in [1.807, 2.05) is 0 Å². The maximum Gasteiger partial charge on any atom is 0.250 e. The Morgan fingerprint density at radius 2 is 2.12 bits per heavy atom. The monoisotopic (exact) mass is 119 g/mol. The van der Waals surface area contributed by atoms with Crippen molar-refractivity contribution < 1.29 is 8.78 Å². The highest BCUT2D eigenvalue weighted by molar-refractivity contribution is 4.85. The standard InChI is InChI=1S/C6H9F2/c1-5-3-2-4-6(5,7)8/h5H,1-4H2. The Morgan fingerprint density at radius 1 is 1.50 bits per heavy atom. The summed E-state index contributed by atoms with van der Waals surface area (Å²) in [7, 11) is 0. The first kappa shape index (κ1) is 5.99. The molecule has 0 aromatic heterocycles. The third-order valence-corrected chi connectivity index (χ3v) is 1.66. The van der Waals surface area contributed by atoms with Gasteiger partial charge in [0.05, 0.1) is 0 Å². The molecule has 0 aliphatic heterocycles. The lowest BCUT2D eigenvalue weighted by molar-refractivity contribution is -0.0209. The second kappa shape index (κ2) is 1.67. The summed E-state index contributed by atoms with van der Waals surface area (Å²) in [6.07, 6.45) is 1.27. The molecular formula is C6H9F2. The highest BCUT2D eigenvalue weighted by Gasteiger charge is 2.40. The molecule has 1 aliphatic rings. The van der Waals surface area contributed by atoms with Gasteiger partial charge < -0.3 is 0 Å². The van der Waals surface area contributed by atoms with Gasteiger partial charge >= 0.3 is 0 Å². The van der Waals surface area contributed by atoms with Crippen LogP contribution in [-0.4, -0.2) is 5.92 Å². The molecule has 0 bridgehead atoms. The van der Waals surface area contributed by atoms with Gasteiger partial charge in [-0.05, 0) is 19.8 Å². The summed E-state index contributed by atoms with van der Waals surface area (Å²) in [4.78, 5) is 0. The minimum atomic E-state index is -2.46. The molecule has 0 N–H and O–H groups in total. The molecule has 0 heterocycles. The van der Waals surface area contributed by atoms with Crippen molar-refractivity contribution >= 4 is 0 Å². The SMILES string of the molecule is [CH2]C1CCCC1(F)F. The normalized spacial score (nSPS) is 35.6. The Hall–Kier alpha value is -0.140. The number of rotatable bonds is 0. The molecular weight excluding hydrogens is 110 g/mol. The Morgan fingerprint density at radius 3 is 2.25 bits per heavy atom. The molecule has 0 nitrogen and oxygen atoms in total. The fraction of sp³-hybridized carbons (Fsp3) is 0.833. The van der Waals surface area contributed by atoms with Crippen LogP contribution >= 0.6 is 0 Å². The predicted molar refractivity (Wildman–Crippen MR) is 27.6 cm³/mol. The van der Waals surface area contributed by atoms with Crippen molar-refractivity contribution in [2.24, 2.45) is 5.92 Å². The molecule has 1 aliphatic carbocycles. The molecule has 1 fully saturated rings. The summed E-state index contributed by atoms with van der Waals surface area (Å²) < 4.78 is 24.6. The summed E-state index contributed by atoms with van der Waals surface area (Å²) >= 11 is 0. The van der Waals surface area contributed by atoms with Gasteiger partial charge in [0, 0.05) is 12.3 Å². The first-order chi connectivity index (χ1) is 3.63. The largest absolute Gasteiger partial charge is 0.250 e. The van der Waals surface area contributed by atoms with Crippen LogP contribution in [0.3, 0.4) is 0 Å². The van der Waals surface area contributed by atoms with Crippen LogP contribution in [0.1, 0.15) is 19.3 Å². The van der Waals surface area contributed by atoms with Gasteiger partial charge in [0.1, 0.15) is 0 Å². The molecule has 8 heavy (non-hydrogen) atoms. The van der Waals surface area contributed by atoms with Crippen LogP contribution in [0.5, 0.6) is 0 Å². The molecule has 1 radical (unpaired) electrons. The fourth-order valence-corrected chi connectivity index (χ4v) is 0.999. The zero-order chi connectivity index (χ0) is 6.20. The van der Waals surface area contributed by atoms with Gasteiger partial charge in [-0.15, -0.1) is 0 Å². The van der Waals surface area contributed by atoms with Gasteiger partial charge in [-0.2, -0.15) is 0 Å². The average Bonchev–Trinajstić information content (AvgIpc) is 1.86. The molecule has 1 atom stereocenters. The highest BCUT2D eigenvalue weighted by Crippen LogP contribution is 2.39. The Labute approximate surface area is 47.9 Å². The maximum absolute atomic E-state index is 12.3. The number of hydrogen-bond acceptors (Lipinski definition) is 0. The van der Waals surface area contributed by atoms with E-state index >= 15 is 0 Å². The van der Waals surface area contributed by atoms with Gasteiger partial charge in [0.2, 0.25) is 0 Å². The molecule has 2 heteroatoms. The second-order valence-corrected chi connectivity index (χ2v) is 2.35. The zero-order valence-electron chi connectivity index (χ0n) is 4.66. The Balaban J connectivity index is 2.54. The highest BCUT2D eigenvalue weighted by atomic mass is 19.3. The zero-order valence-corrected chi connectivity index (χ0v) is 4.66. The van der Waals surface area contributed by atoms with E-state index in [1.165, 1.54) is 0 Å². The topological polar surface area (TPSA) is 0 Å². The van der Waals surface area contributed by atoms with Gasteiger partial charge in [-0.3, -0.25) is 0 Å². The van der Waals surface area contributed by atoms with Crippen molar-refractivity contribution in [3.63, 3.8) is 0 Å². The summed E-state index contributed by atoms with van der Waals surface area (Å²) in [6.45, 7) is 3.34. The molecule has 47 valence electrons. The summed E-state index contributed by atoms with van der Waals surface area (Å²) in [6, 6.07) is 0. The van der Waals surface area contributed by atoms with E-state index in [2.05, 4.69) is 6.92 Å². The molecule has 1 unspecified atom stereocenters. The van der Waals surface area contributed by atoms with Crippen LogP contribution in [0.2, 0.25) is 0 Å². The first-order valence-corrected chi connectivity index (χ1v) is 2.84. The van der Waals surface area contributed by atoms with E-state index in [4.69, 9.17) is 0 Å². The molecule has 1 saturated carbocycles. The lowest BCUT2D eigenvalue weighted by atomic mass is 10.1. The van der Waals surface area contributed by atoms with Crippen molar-refractivity contribution in [3.05, 3.63) is 6.92 Å². The van der Waals surface area contributed by atoms with E-state index in [1.54, 1.807) is 0 Å². The average molecular weight is 119 g/mol. The van der Waals surface area contributed by atoms with Crippen LogP contribution in [0.15, 0.2) is 0 Å². The van der Waals surface area contributed by atoms with E-state index < -0.39 is 11.8 Å². The van der Waals surface area contributed by atoms with E-state index in [-0.39, 0.29) is 6.42 Å². The third kappa shape index (κ3) is 0.837. The third-order valence-electron chi connectivity index (χ3n) is 1.66. The molecule has 0 aromatic carbocycles. The van der Waals surface area contributed by atoms with Crippen LogP contribution in [0.4, 0.5) is 8.78 Å². The minimum absolute atomic E-state index is 0.0428. The molecule has 1 rings (SSSR count). The van der Waals surface area contributed by atoms with Crippen LogP contribution < -0.4 is 0 Å². The summed E-state index contributed by atoms with van der Waals surface area (Å²) in [5.41, 5.74) is 0. The van der Waals surface area contributed by atoms with Crippen molar-refractivity contribution in [3.8, 4) is 0 Å². The van der Waals surface area contributed by atoms with Crippen molar-refractivity contribution in [2.45, 2.75) is 25.2 Å². The molecule has 0 amide bonds.